The SMILES string of the molecule is CNC1(C)CCN(C(=O)c2cc([N+](=O)[O-])c[nH]2)CC1. The summed E-state index contributed by atoms with van der Waals surface area (Å²) in [7, 11) is 1.92. The number of piperidine rings is 1. The maximum absolute atomic E-state index is 12.2. The predicted octanol–water partition coefficient (Wildman–Crippen LogP) is 1.14. The highest BCUT2D eigenvalue weighted by atomic mass is 16.6. The van der Waals surface area contributed by atoms with Gasteiger partial charge in [0.1, 0.15) is 5.69 Å². The second kappa shape index (κ2) is 5.00. The van der Waals surface area contributed by atoms with Gasteiger partial charge in [0, 0.05) is 24.7 Å². The molecule has 2 N–H and O–H groups in total. The second-order valence-electron chi connectivity index (χ2n) is 5.13. The van der Waals surface area contributed by atoms with Crippen molar-refractivity contribution in [1.29, 1.82) is 0 Å². The van der Waals surface area contributed by atoms with Gasteiger partial charge in [0.2, 0.25) is 0 Å². The van der Waals surface area contributed by atoms with E-state index < -0.39 is 4.92 Å². The third kappa shape index (κ3) is 2.76. The predicted molar refractivity (Wildman–Crippen MR) is 70.0 cm³/mol. The summed E-state index contributed by atoms with van der Waals surface area (Å²) in [6, 6.07) is 1.29. The minimum atomic E-state index is -0.512. The largest absolute Gasteiger partial charge is 0.351 e. The molecule has 7 heteroatoms. The standard InChI is InChI=1S/C12H18N4O3/c1-12(13-2)3-5-15(6-4-12)11(17)10-7-9(8-14-10)16(18)19/h7-8,13-14H,3-6H2,1-2H3. The van der Waals surface area contributed by atoms with Gasteiger partial charge in [0.15, 0.2) is 0 Å². The van der Waals surface area contributed by atoms with Crippen LogP contribution in [0, 0.1) is 10.1 Å². The van der Waals surface area contributed by atoms with Crippen molar-refractivity contribution in [3.63, 3.8) is 0 Å². The Balaban J connectivity index is 2.03. The molecule has 1 amide bonds. The van der Waals surface area contributed by atoms with Crippen LogP contribution in [0.25, 0.3) is 0 Å². The van der Waals surface area contributed by atoms with Crippen LogP contribution in [0.5, 0.6) is 0 Å². The van der Waals surface area contributed by atoms with Crippen molar-refractivity contribution >= 4 is 11.6 Å². The number of hydrogen-bond acceptors (Lipinski definition) is 4. The van der Waals surface area contributed by atoms with Gasteiger partial charge in [-0.05, 0) is 26.8 Å². The van der Waals surface area contributed by atoms with Crippen LogP contribution in [-0.2, 0) is 0 Å². The number of amides is 1. The molecule has 0 radical (unpaired) electrons. The van der Waals surface area contributed by atoms with Gasteiger partial charge in [-0.2, -0.15) is 0 Å². The van der Waals surface area contributed by atoms with Gasteiger partial charge in [-0.1, -0.05) is 0 Å². The van der Waals surface area contributed by atoms with Crippen LogP contribution in [0.4, 0.5) is 5.69 Å². The maximum Gasteiger partial charge on any atom is 0.287 e. The Bertz CT molecular complexity index is 489. The van der Waals surface area contributed by atoms with E-state index in [1.54, 1.807) is 4.90 Å². The smallest absolute Gasteiger partial charge is 0.287 e. The molecule has 0 aliphatic carbocycles. The Morgan fingerprint density at radius 2 is 2.16 bits per heavy atom. The fourth-order valence-electron chi connectivity index (χ4n) is 2.24. The van der Waals surface area contributed by atoms with Crippen molar-refractivity contribution in [2.24, 2.45) is 0 Å². The molecule has 1 aromatic heterocycles. The van der Waals surface area contributed by atoms with E-state index in [0.717, 1.165) is 12.8 Å². The molecule has 1 aromatic rings. The number of nitrogens with one attached hydrogen (secondary N) is 2. The Morgan fingerprint density at radius 3 is 2.63 bits per heavy atom. The number of carbonyl (C=O) groups excluding carboxylic acids is 1. The molecule has 1 aliphatic rings. The first-order valence-corrected chi connectivity index (χ1v) is 6.26. The molecule has 1 saturated heterocycles. The van der Waals surface area contributed by atoms with E-state index in [2.05, 4.69) is 17.2 Å². The van der Waals surface area contributed by atoms with E-state index in [-0.39, 0.29) is 22.8 Å². The summed E-state index contributed by atoms with van der Waals surface area (Å²) in [4.78, 5) is 26.7. The van der Waals surface area contributed by atoms with E-state index >= 15 is 0 Å². The van der Waals surface area contributed by atoms with Crippen molar-refractivity contribution in [2.45, 2.75) is 25.3 Å². The number of carbonyl (C=O) groups is 1. The van der Waals surface area contributed by atoms with E-state index in [1.165, 1.54) is 12.3 Å². The molecule has 0 spiro atoms. The number of H-pyrrole nitrogens is 1. The van der Waals surface area contributed by atoms with E-state index in [9.17, 15) is 14.9 Å². The van der Waals surface area contributed by atoms with Gasteiger partial charge >= 0.3 is 0 Å². The van der Waals surface area contributed by atoms with Crippen LogP contribution in [0.1, 0.15) is 30.3 Å². The second-order valence-corrected chi connectivity index (χ2v) is 5.13. The average Bonchev–Trinajstić information content (AvgIpc) is 2.88. The van der Waals surface area contributed by atoms with Gasteiger partial charge < -0.3 is 15.2 Å². The first-order valence-electron chi connectivity index (χ1n) is 6.26. The third-order valence-electron chi connectivity index (χ3n) is 3.87. The fourth-order valence-corrected chi connectivity index (χ4v) is 2.24. The topological polar surface area (TPSA) is 91.3 Å². The Morgan fingerprint density at radius 1 is 1.53 bits per heavy atom. The van der Waals surface area contributed by atoms with Crippen molar-refractivity contribution in [3.8, 4) is 0 Å². The third-order valence-corrected chi connectivity index (χ3v) is 3.87. The molecule has 2 rings (SSSR count). The number of nitrogens with zero attached hydrogens (tertiary/aromatic N) is 2. The van der Waals surface area contributed by atoms with Crippen LogP contribution < -0.4 is 5.32 Å². The molecule has 2 heterocycles. The van der Waals surface area contributed by atoms with Gasteiger partial charge in [-0.15, -0.1) is 0 Å². The molecule has 0 bridgehead atoms. The highest BCUT2D eigenvalue weighted by molar-refractivity contribution is 5.93. The van der Waals surface area contributed by atoms with Crippen molar-refractivity contribution < 1.29 is 9.72 Å². The lowest BCUT2D eigenvalue weighted by Gasteiger charge is -2.39. The molecular formula is C12H18N4O3. The zero-order valence-electron chi connectivity index (χ0n) is 11.1. The maximum atomic E-state index is 12.2. The summed E-state index contributed by atoms with van der Waals surface area (Å²) in [5.74, 6) is -0.175. The number of likely N-dealkylation sites (tertiary alicyclic amines) is 1. The molecule has 0 aromatic carbocycles. The summed E-state index contributed by atoms with van der Waals surface area (Å²) in [5, 5.41) is 13.9. The lowest BCUT2D eigenvalue weighted by atomic mass is 9.90. The zero-order chi connectivity index (χ0) is 14.0. The van der Waals surface area contributed by atoms with Crippen molar-refractivity contribution in [1.82, 2.24) is 15.2 Å². The van der Waals surface area contributed by atoms with Crippen molar-refractivity contribution in [3.05, 3.63) is 28.1 Å². The Kier molecular flexibility index (Phi) is 3.57. The van der Waals surface area contributed by atoms with Crippen LogP contribution in [0.15, 0.2) is 12.3 Å². The average molecular weight is 266 g/mol. The lowest BCUT2D eigenvalue weighted by molar-refractivity contribution is -0.384. The van der Waals surface area contributed by atoms with E-state index in [0.29, 0.717) is 13.1 Å². The fraction of sp³-hybridized carbons (Fsp3) is 0.583. The summed E-state index contributed by atoms with van der Waals surface area (Å²) in [6.45, 7) is 3.44. The van der Waals surface area contributed by atoms with Crippen LogP contribution in [-0.4, -0.2) is 46.4 Å². The molecular weight excluding hydrogens is 248 g/mol. The summed E-state index contributed by atoms with van der Waals surface area (Å²) in [6.07, 6.45) is 2.99. The number of hydrogen-bond donors (Lipinski definition) is 2. The number of aromatic amines is 1. The van der Waals surface area contributed by atoms with Gasteiger partial charge in [0.05, 0.1) is 11.1 Å². The summed E-state index contributed by atoms with van der Waals surface area (Å²) < 4.78 is 0. The highest BCUT2D eigenvalue weighted by Gasteiger charge is 2.31. The minimum absolute atomic E-state index is 0.0680. The van der Waals surface area contributed by atoms with Crippen LogP contribution in [0.3, 0.4) is 0 Å². The minimum Gasteiger partial charge on any atom is -0.351 e. The quantitative estimate of drug-likeness (QED) is 0.634. The number of aromatic nitrogens is 1. The normalized spacial score (nSPS) is 18.3. The lowest BCUT2D eigenvalue weighted by Crippen LogP contribution is -2.51. The van der Waals surface area contributed by atoms with Crippen LogP contribution >= 0.6 is 0 Å². The Hall–Kier alpha value is -1.89. The first-order chi connectivity index (χ1) is 8.95. The summed E-state index contributed by atoms with van der Waals surface area (Å²) in [5.41, 5.74) is 0.263. The number of nitro groups is 1. The van der Waals surface area contributed by atoms with Crippen molar-refractivity contribution in [2.75, 3.05) is 20.1 Å². The zero-order valence-corrected chi connectivity index (χ0v) is 11.1. The molecule has 7 nitrogen and oxygen atoms in total. The molecule has 0 unspecified atom stereocenters. The first kappa shape index (κ1) is 13.5. The molecule has 1 aliphatic heterocycles. The van der Waals surface area contributed by atoms with Gasteiger partial charge in [-0.25, -0.2) is 0 Å². The molecule has 104 valence electrons. The van der Waals surface area contributed by atoms with E-state index in [1.807, 2.05) is 7.05 Å². The van der Waals surface area contributed by atoms with Gasteiger partial charge in [0.25, 0.3) is 11.6 Å². The van der Waals surface area contributed by atoms with E-state index in [4.69, 9.17) is 0 Å². The number of rotatable bonds is 3. The monoisotopic (exact) mass is 266 g/mol. The van der Waals surface area contributed by atoms with Crippen LogP contribution in [0.2, 0.25) is 0 Å². The Labute approximate surface area is 111 Å². The summed E-state index contributed by atoms with van der Waals surface area (Å²) >= 11 is 0. The van der Waals surface area contributed by atoms with Gasteiger partial charge in [-0.3, -0.25) is 14.9 Å². The highest BCUT2D eigenvalue weighted by Crippen LogP contribution is 2.23. The molecule has 19 heavy (non-hydrogen) atoms. The molecule has 0 atom stereocenters. The molecule has 1 fully saturated rings. The molecule has 0 saturated carbocycles.